The molecule has 0 saturated carbocycles. The summed E-state index contributed by atoms with van der Waals surface area (Å²) >= 11 is 0. The zero-order valence-electron chi connectivity index (χ0n) is 17.2. The molecule has 3 rings (SSSR count). The van der Waals surface area contributed by atoms with Crippen LogP contribution < -0.4 is 9.13 Å². The van der Waals surface area contributed by atoms with Gasteiger partial charge in [-0.05, 0) is 6.07 Å². The predicted molar refractivity (Wildman–Crippen MR) is 111 cm³/mol. The van der Waals surface area contributed by atoms with Crippen molar-refractivity contribution in [1.29, 1.82) is 0 Å². The summed E-state index contributed by atoms with van der Waals surface area (Å²) in [5, 5.41) is 15.3. The molecule has 0 unspecified atom stereocenters. The fraction of sp³-hybridized carbons (Fsp3) is 0.217. The lowest BCUT2D eigenvalue weighted by Crippen LogP contribution is -2.38. The molecule has 0 bridgehead atoms. The molecule has 0 aliphatic rings. The van der Waals surface area contributed by atoms with E-state index in [1.54, 1.807) is 0 Å². The number of hydrogen-bond donors (Lipinski definition) is 1. The Balaban J connectivity index is 1.45. The predicted octanol–water partition coefficient (Wildman–Crippen LogP) is 3.73. The highest BCUT2D eigenvalue weighted by molar-refractivity contribution is 5.78. The first-order chi connectivity index (χ1) is 15.5. The molecule has 3 aromatic rings. The maximum absolute atomic E-state index is 13.0. The number of alkyl halides is 3. The number of oxime groups is 2. The van der Waals surface area contributed by atoms with Gasteiger partial charge in [0.15, 0.2) is 37.9 Å². The number of aryl methyl sites for hydroxylation is 2. The molecule has 9 heteroatoms. The maximum atomic E-state index is 13.0. The highest BCUT2D eigenvalue weighted by Crippen LogP contribution is 2.32. The summed E-state index contributed by atoms with van der Waals surface area (Å²) in [5.74, 6) is 0. The second-order valence-corrected chi connectivity index (χ2v) is 7.00. The molecular weight excluding hydrogens is 421 g/mol. The molecule has 166 valence electrons. The first-order valence-corrected chi connectivity index (χ1v) is 9.92. The van der Waals surface area contributed by atoms with E-state index in [1.165, 1.54) is 30.6 Å². The van der Waals surface area contributed by atoms with Crippen LogP contribution in [0.3, 0.4) is 0 Å². The summed E-state index contributed by atoms with van der Waals surface area (Å²) in [7, 11) is 0. The lowest BCUT2D eigenvalue weighted by atomic mass is 10.1. The molecule has 0 saturated heterocycles. The third kappa shape index (κ3) is 6.90. The van der Waals surface area contributed by atoms with Crippen molar-refractivity contribution in [3.05, 3.63) is 95.6 Å². The monoisotopic (exact) mass is 444 g/mol. The second-order valence-electron chi connectivity index (χ2n) is 7.00. The number of pyridine rings is 2. The van der Waals surface area contributed by atoms with Gasteiger partial charge in [-0.3, -0.25) is 0 Å². The van der Waals surface area contributed by atoms with Crippen LogP contribution in [0.15, 0.2) is 83.6 Å². The van der Waals surface area contributed by atoms with E-state index in [-0.39, 0.29) is 12.2 Å². The Bertz CT molecular complexity index is 1050. The van der Waals surface area contributed by atoms with Crippen molar-refractivity contribution in [3.63, 3.8) is 0 Å². The third-order valence-corrected chi connectivity index (χ3v) is 4.69. The van der Waals surface area contributed by atoms with Crippen molar-refractivity contribution in [2.45, 2.75) is 32.3 Å². The van der Waals surface area contributed by atoms with Gasteiger partial charge < -0.3 is 10.0 Å². The number of rotatable bonds is 9. The molecule has 32 heavy (non-hydrogen) atoms. The van der Waals surface area contributed by atoms with Crippen LogP contribution in [0.4, 0.5) is 13.2 Å². The van der Waals surface area contributed by atoms with Crippen LogP contribution in [0, 0.1) is 0 Å². The molecule has 0 fully saturated rings. The molecule has 0 atom stereocenters. The molecule has 0 radical (unpaired) electrons. The number of aromatic nitrogens is 2. The molecule has 0 aliphatic carbocycles. The van der Waals surface area contributed by atoms with Crippen LogP contribution in [0.5, 0.6) is 0 Å². The van der Waals surface area contributed by atoms with Crippen LogP contribution in [-0.2, 0) is 30.7 Å². The molecule has 0 aliphatic heterocycles. The quantitative estimate of drug-likeness (QED) is 0.237. The number of hydrogen-bond acceptors (Lipinski definition) is 4. The lowest BCUT2D eigenvalue weighted by Gasteiger charge is -2.11. The van der Waals surface area contributed by atoms with E-state index < -0.39 is 11.7 Å². The van der Waals surface area contributed by atoms with Gasteiger partial charge in [0.1, 0.15) is 6.61 Å². The van der Waals surface area contributed by atoms with Gasteiger partial charge in [-0.15, -0.1) is 0 Å². The fourth-order valence-corrected chi connectivity index (χ4v) is 3.04. The lowest BCUT2D eigenvalue weighted by molar-refractivity contribution is -0.726. The Hall–Kier alpha value is -3.75. The molecule has 0 amide bonds. The number of halogens is 3. The minimum absolute atomic E-state index is 0.0390. The molecular formula is C23H23F3N4O2+2. The standard InChI is InChI=1S/C23H22F3N4O2/c24-23(25,26)22-5-2-1-4-21(22)18-32-28-17-20-8-14-30(15-9-20)11-3-10-29-12-6-19(7-13-29)16-27-31/h1-2,4-9,12-17H,3,10-11,18H2/q+1/p+1/b28-17-. The topological polar surface area (TPSA) is 61.9 Å². The third-order valence-electron chi connectivity index (χ3n) is 4.69. The van der Waals surface area contributed by atoms with E-state index >= 15 is 0 Å². The average molecular weight is 444 g/mol. The number of nitrogens with zero attached hydrogens (tertiary/aromatic N) is 4. The van der Waals surface area contributed by atoms with Crippen molar-refractivity contribution in [2.75, 3.05) is 0 Å². The van der Waals surface area contributed by atoms with Gasteiger partial charge in [0, 0.05) is 41.0 Å². The maximum Gasteiger partial charge on any atom is 0.416 e. The Labute approximate surface area is 183 Å². The second kappa shape index (κ2) is 11.0. The minimum atomic E-state index is -4.42. The molecule has 1 aromatic carbocycles. The van der Waals surface area contributed by atoms with Gasteiger partial charge in [-0.25, -0.2) is 9.13 Å². The van der Waals surface area contributed by atoms with E-state index in [2.05, 4.69) is 10.3 Å². The number of benzene rings is 1. The minimum Gasteiger partial charge on any atom is -0.411 e. The van der Waals surface area contributed by atoms with Crippen LogP contribution in [0.25, 0.3) is 0 Å². The highest BCUT2D eigenvalue weighted by Gasteiger charge is 2.32. The fourth-order valence-electron chi connectivity index (χ4n) is 3.04. The van der Waals surface area contributed by atoms with Gasteiger partial charge in [-0.1, -0.05) is 28.5 Å². The normalized spacial score (nSPS) is 12.0. The summed E-state index contributed by atoms with van der Waals surface area (Å²) in [6.07, 6.45) is 7.00. The first-order valence-electron chi connectivity index (χ1n) is 9.92. The van der Waals surface area contributed by atoms with E-state index in [1.807, 2.05) is 58.2 Å². The summed E-state index contributed by atoms with van der Waals surface area (Å²) < 4.78 is 43.0. The van der Waals surface area contributed by atoms with Crippen LogP contribution >= 0.6 is 0 Å². The molecule has 2 aromatic heterocycles. The zero-order chi connectivity index (χ0) is 22.8. The average Bonchev–Trinajstić information content (AvgIpc) is 2.79. The van der Waals surface area contributed by atoms with Crippen molar-refractivity contribution in [3.8, 4) is 0 Å². The largest absolute Gasteiger partial charge is 0.416 e. The molecule has 1 N–H and O–H groups in total. The molecule has 0 spiro atoms. The van der Waals surface area contributed by atoms with E-state index in [9.17, 15) is 13.2 Å². The smallest absolute Gasteiger partial charge is 0.411 e. The Morgan fingerprint density at radius 2 is 1.41 bits per heavy atom. The van der Waals surface area contributed by atoms with Gasteiger partial charge in [0.25, 0.3) is 0 Å². The van der Waals surface area contributed by atoms with Gasteiger partial charge in [-0.2, -0.15) is 13.2 Å². The van der Waals surface area contributed by atoms with Gasteiger partial charge in [0.2, 0.25) is 0 Å². The zero-order valence-corrected chi connectivity index (χ0v) is 17.2. The molecule has 6 nitrogen and oxygen atoms in total. The Kier molecular flexibility index (Phi) is 7.91. The first kappa shape index (κ1) is 22.9. The van der Waals surface area contributed by atoms with Crippen LogP contribution in [0.2, 0.25) is 0 Å². The molecule has 2 heterocycles. The van der Waals surface area contributed by atoms with Crippen LogP contribution in [0.1, 0.15) is 28.7 Å². The SMILES string of the molecule is ON=Cc1cc[n+](CCC[n+]2ccc(/C=N\OCc3ccccc3C(F)(F)F)cc2)cc1. The van der Waals surface area contributed by atoms with Crippen molar-refractivity contribution in [2.24, 2.45) is 10.3 Å². The van der Waals surface area contributed by atoms with E-state index in [0.717, 1.165) is 36.7 Å². The summed E-state index contributed by atoms with van der Waals surface area (Å²) in [6.45, 7) is 1.39. The Morgan fingerprint density at radius 3 is 1.97 bits per heavy atom. The van der Waals surface area contributed by atoms with Gasteiger partial charge in [0.05, 0.1) is 24.4 Å². The summed E-state index contributed by atoms with van der Waals surface area (Å²) in [5.41, 5.74) is 0.922. The van der Waals surface area contributed by atoms with Gasteiger partial charge >= 0.3 is 6.18 Å². The summed E-state index contributed by atoms with van der Waals surface area (Å²) in [4.78, 5) is 5.07. The van der Waals surface area contributed by atoms with E-state index in [4.69, 9.17) is 10.0 Å². The van der Waals surface area contributed by atoms with Crippen LogP contribution in [-0.4, -0.2) is 17.6 Å². The Morgan fingerprint density at radius 1 is 0.844 bits per heavy atom. The summed E-state index contributed by atoms with van der Waals surface area (Å²) in [6, 6.07) is 12.7. The van der Waals surface area contributed by atoms with E-state index in [0.29, 0.717) is 0 Å². The van der Waals surface area contributed by atoms with Crippen molar-refractivity contribution in [1.82, 2.24) is 0 Å². The van der Waals surface area contributed by atoms with Crippen molar-refractivity contribution < 1.29 is 32.4 Å². The highest BCUT2D eigenvalue weighted by atomic mass is 19.4. The van der Waals surface area contributed by atoms with Crippen molar-refractivity contribution >= 4 is 12.4 Å².